The summed E-state index contributed by atoms with van der Waals surface area (Å²) in [5, 5.41) is 3.42. The molecule has 0 saturated carbocycles. The van der Waals surface area contributed by atoms with Crippen molar-refractivity contribution in [3.8, 4) is 67.5 Å². The minimum Gasteiger partial charge on any atom is -0.264 e. The maximum Gasteiger partial charge on any atom is 0.160 e. The molecule has 0 aliphatic carbocycles. The standard InChI is InChI=1S/C45H29N5/c1-2-9-34(10-3-1)45-49-42(32-20-16-30(17-21-32)35-11-8-26-46-28-35)27-43(50-45)33-22-18-31(19-23-33)36-24-25-41(47-29-36)44-39-14-5-4-12-37(39)38-13-6-7-15-40(38)48-44/h1-29H. The Kier molecular flexibility index (Phi) is 7.41. The number of hydrogen-bond acceptors (Lipinski definition) is 5. The predicted molar refractivity (Wildman–Crippen MR) is 203 cm³/mol. The molecule has 0 N–H and O–H groups in total. The molecule has 0 spiro atoms. The molecule has 0 aliphatic heterocycles. The van der Waals surface area contributed by atoms with Crippen LogP contribution >= 0.6 is 0 Å². The molecule has 0 amide bonds. The fraction of sp³-hybridized carbons (Fsp3) is 0. The zero-order valence-corrected chi connectivity index (χ0v) is 27.0. The van der Waals surface area contributed by atoms with Crippen LogP contribution in [-0.4, -0.2) is 24.9 Å². The third-order valence-electron chi connectivity index (χ3n) is 9.06. The number of benzene rings is 5. The van der Waals surface area contributed by atoms with Crippen LogP contribution in [-0.2, 0) is 0 Å². The largest absolute Gasteiger partial charge is 0.264 e. The molecule has 50 heavy (non-hydrogen) atoms. The maximum absolute atomic E-state index is 5.02. The first-order valence-electron chi connectivity index (χ1n) is 16.6. The summed E-state index contributed by atoms with van der Waals surface area (Å²) < 4.78 is 0. The van der Waals surface area contributed by atoms with Gasteiger partial charge in [-0.25, -0.2) is 15.0 Å². The minimum absolute atomic E-state index is 0.688. The van der Waals surface area contributed by atoms with E-state index in [0.29, 0.717) is 5.82 Å². The van der Waals surface area contributed by atoms with Gasteiger partial charge in [0.25, 0.3) is 0 Å². The first-order chi connectivity index (χ1) is 24.8. The Morgan fingerprint density at radius 2 is 0.900 bits per heavy atom. The monoisotopic (exact) mass is 639 g/mol. The topological polar surface area (TPSA) is 64.5 Å². The van der Waals surface area contributed by atoms with E-state index in [1.807, 2.05) is 54.9 Å². The van der Waals surface area contributed by atoms with Gasteiger partial charge in [-0.3, -0.25) is 9.97 Å². The van der Waals surface area contributed by atoms with Gasteiger partial charge in [0.15, 0.2) is 5.82 Å². The van der Waals surface area contributed by atoms with Crippen molar-refractivity contribution < 1.29 is 0 Å². The van der Waals surface area contributed by atoms with Crippen molar-refractivity contribution in [1.29, 1.82) is 0 Å². The molecular formula is C45H29N5. The fourth-order valence-corrected chi connectivity index (χ4v) is 6.46. The number of hydrogen-bond donors (Lipinski definition) is 0. The first kappa shape index (κ1) is 29.3. The zero-order chi connectivity index (χ0) is 33.3. The molecule has 0 radical (unpaired) electrons. The Hall–Kier alpha value is -6.85. The predicted octanol–water partition coefficient (Wildman–Crippen LogP) is 11.0. The zero-order valence-electron chi connectivity index (χ0n) is 27.0. The molecule has 0 atom stereocenters. The van der Waals surface area contributed by atoms with Crippen molar-refractivity contribution in [3.05, 3.63) is 176 Å². The van der Waals surface area contributed by atoms with Crippen LogP contribution in [0.15, 0.2) is 176 Å². The lowest BCUT2D eigenvalue weighted by atomic mass is 10.0. The second-order valence-electron chi connectivity index (χ2n) is 12.2. The second-order valence-corrected chi connectivity index (χ2v) is 12.2. The van der Waals surface area contributed by atoms with Gasteiger partial charge in [-0.15, -0.1) is 0 Å². The number of para-hydroxylation sites is 1. The van der Waals surface area contributed by atoms with Gasteiger partial charge in [-0.1, -0.05) is 133 Å². The molecule has 4 aromatic heterocycles. The highest BCUT2D eigenvalue weighted by atomic mass is 14.9. The van der Waals surface area contributed by atoms with E-state index in [1.165, 1.54) is 5.39 Å². The number of aromatic nitrogens is 5. The van der Waals surface area contributed by atoms with E-state index in [2.05, 4.69) is 120 Å². The van der Waals surface area contributed by atoms with Crippen LogP contribution in [0.1, 0.15) is 0 Å². The van der Waals surface area contributed by atoms with Crippen molar-refractivity contribution >= 4 is 21.7 Å². The van der Waals surface area contributed by atoms with E-state index in [-0.39, 0.29) is 0 Å². The van der Waals surface area contributed by atoms with Crippen LogP contribution in [0, 0.1) is 0 Å². The van der Waals surface area contributed by atoms with Gasteiger partial charge in [0, 0.05) is 51.6 Å². The summed E-state index contributed by atoms with van der Waals surface area (Å²) in [6, 6.07) is 54.0. The fourth-order valence-electron chi connectivity index (χ4n) is 6.46. The average molecular weight is 640 g/mol. The van der Waals surface area contributed by atoms with Crippen molar-refractivity contribution in [2.45, 2.75) is 0 Å². The van der Waals surface area contributed by atoms with Crippen LogP contribution in [0.4, 0.5) is 0 Å². The lowest BCUT2D eigenvalue weighted by molar-refractivity contribution is 1.18. The third kappa shape index (κ3) is 5.57. The first-order valence-corrected chi connectivity index (χ1v) is 16.6. The molecule has 0 fully saturated rings. The Balaban J connectivity index is 1.04. The lowest BCUT2D eigenvalue weighted by Gasteiger charge is -2.11. The lowest BCUT2D eigenvalue weighted by Crippen LogP contribution is -1.96. The van der Waals surface area contributed by atoms with Crippen LogP contribution in [0.25, 0.3) is 89.2 Å². The second kappa shape index (κ2) is 12.6. The Morgan fingerprint density at radius 3 is 1.54 bits per heavy atom. The summed E-state index contributed by atoms with van der Waals surface area (Å²) in [6.07, 6.45) is 5.60. The van der Waals surface area contributed by atoms with E-state index in [0.717, 1.165) is 78.0 Å². The van der Waals surface area contributed by atoms with Gasteiger partial charge in [-0.05, 0) is 46.3 Å². The molecule has 9 rings (SSSR count). The minimum atomic E-state index is 0.688. The highest BCUT2D eigenvalue weighted by molar-refractivity contribution is 6.10. The van der Waals surface area contributed by atoms with Gasteiger partial charge in [-0.2, -0.15) is 0 Å². The Labute approximate surface area is 289 Å². The molecule has 0 saturated heterocycles. The summed E-state index contributed by atoms with van der Waals surface area (Å²) in [4.78, 5) is 24.2. The number of pyridine rings is 3. The van der Waals surface area contributed by atoms with Crippen molar-refractivity contribution in [3.63, 3.8) is 0 Å². The van der Waals surface area contributed by atoms with Crippen molar-refractivity contribution in [2.24, 2.45) is 0 Å². The number of nitrogens with zero attached hydrogens (tertiary/aromatic N) is 5. The molecule has 5 heteroatoms. The molecule has 0 aliphatic rings. The number of rotatable bonds is 6. The van der Waals surface area contributed by atoms with E-state index >= 15 is 0 Å². The summed E-state index contributed by atoms with van der Waals surface area (Å²) in [7, 11) is 0. The van der Waals surface area contributed by atoms with E-state index < -0.39 is 0 Å². The van der Waals surface area contributed by atoms with Gasteiger partial charge in [0.1, 0.15) is 0 Å². The summed E-state index contributed by atoms with van der Waals surface area (Å²) >= 11 is 0. The van der Waals surface area contributed by atoms with Gasteiger partial charge in [0.05, 0.1) is 28.3 Å². The molecule has 5 nitrogen and oxygen atoms in total. The normalized spacial score (nSPS) is 11.2. The molecule has 0 bridgehead atoms. The van der Waals surface area contributed by atoms with E-state index in [1.54, 1.807) is 6.20 Å². The molecule has 9 aromatic rings. The van der Waals surface area contributed by atoms with Gasteiger partial charge < -0.3 is 0 Å². The SMILES string of the molecule is c1ccc(-c2nc(-c3ccc(-c4cccnc4)cc3)cc(-c3ccc(-c4ccc(-c5nc6ccccc6c6ccccc56)nc4)cc3)n2)cc1. The highest BCUT2D eigenvalue weighted by Crippen LogP contribution is 2.33. The maximum atomic E-state index is 5.02. The number of fused-ring (bicyclic) bond motifs is 3. The summed E-state index contributed by atoms with van der Waals surface area (Å²) in [5.41, 5.74) is 11.7. The van der Waals surface area contributed by atoms with E-state index in [4.69, 9.17) is 19.9 Å². The average Bonchev–Trinajstić information content (AvgIpc) is 3.21. The Bertz CT molecular complexity index is 2600. The molecule has 5 aromatic carbocycles. The third-order valence-corrected chi connectivity index (χ3v) is 9.06. The molecule has 234 valence electrons. The summed E-state index contributed by atoms with van der Waals surface area (Å²) in [6.45, 7) is 0. The highest BCUT2D eigenvalue weighted by Gasteiger charge is 2.13. The van der Waals surface area contributed by atoms with Gasteiger partial charge in [0.2, 0.25) is 0 Å². The van der Waals surface area contributed by atoms with Crippen LogP contribution in [0.5, 0.6) is 0 Å². The van der Waals surface area contributed by atoms with Crippen LogP contribution < -0.4 is 0 Å². The summed E-state index contributed by atoms with van der Waals surface area (Å²) in [5.74, 6) is 0.688. The van der Waals surface area contributed by atoms with Crippen molar-refractivity contribution in [1.82, 2.24) is 24.9 Å². The van der Waals surface area contributed by atoms with Crippen LogP contribution in [0.2, 0.25) is 0 Å². The Morgan fingerprint density at radius 1 is 0.340 bits per heavy atom. The smallest absolute Gasteiger partial charge is 0.160 e. The van der Waals surface area contributed by atoms with Crippen LogP contribution in [0.3, 0.4) is 0 Å². The molecule has 4 heterocycles. The molecular weight excluding hydrogens is 611 g/mol. The molecule has 0 unspecified atom stereocenters. The van der Waals surface area contributed by atoms with Gasteiger partial charge >= 0.3 is 0 Å². The van der Waals surface area contributed by atoms with E-state index in [9.17, 15) is 0 Å². The quantitative estimate of drug-likeness (QED) is 0.169. The van der Waals surface area contributed by atoms with Crippen molar-refractivity contribution in [2.75, 3.05) is 0 Å².